The molecule has 0 aromatic heterocycles. The number of nitrogens with one attached hydrogen (secondary N) is 3. The molecule has 1 aliphatic rings. The van der Waals surface area contributed by atoms with Crippen LogP contribution in [0.5, 0.6) is 0 Å². The summed E-state index contributed by atoms with van der Waals surface area (Å²) in [5, 5.41) is 5.57. The predicted octanol–water partition coefficient (Wildman–Crippen LogP) is 0.675. The molecule has 0 heterocycles. The van der Waals surface area contributed by atoms with Crippen LogP contribution >= 0.6 is 0 Å². The molecule has 0 bridgehead atoms. The van der Waals surface area contributed by atoms with E-state index in [0.29, 0.717) is 18.7 Å². The first kappa shape index (κ1) is 15.0. The Kier molecular flexibility index (Phi) is 4.74. The van der Waals surface area contributed by atoms with Gasteiger partial charge in [0.05, 0.1) is 4.90 Å². The quantitative estimate of drug-likeness (QED) is 0.690. The summed E-state index contributed by atoms with van der Waals surface area (Å²) in [6.07, 6.45) is 2.12. The number of anilines is 1. The number of hydrogen-bond donors (Lipinski definition) is 3. The molecule has 6 nitrogen and oxygen atoms in total. The Bertz CT molecular complexity index is 582. The van der Waals surface area contributed by atoms with Crippen molar-refractivity contribution in [3.63, 3.8) is 0 Å². The minimum absolute atomic E-state index is 0.0638. The Labute approximate surface area is 119 Å². The monoisotopic (exact) mass is 297 g/mol. The van der Waals surface area contributed by atoms with Crippen molar-refractivity contribution in [2.75, 3.05) is 18.9 Å². The van der Waals surface area contributed by atoms with Crippen LogP contribution in [0.1, 0.15) is 19.3 Å². The maximum absolute atomic E-state index is 12.1. The average Bonchev–Trinajstić information content (AvgIpc) is 3.20. The molecule has 1 saturated carbocycles. The molecule has 2 rings (SSSR count). The van der Waals surface area contributed by atoms with Gasteiger partial charge >= 0.3 is 0 Å². The van der Waals surface area contributed by atoms with E-state index < -0.39 is 10.0 Å². The van der Waals surface area contributed by atoms with Crippen molar-refractivity contribution in [3.05, 3.63) is 24.3 Å². The third-order valence-electron chi connectivity index (χ3n) is 2.93. The maximum atomic E-state index is 12.1. The second-order valence-electron chi connectivity index (χ2n) is 4.83. The van der Waals surface area contributed by atoms with Gasteiger partial charge < -0.3 is 10.6 Å². The lowest BCUT2D eigenvalue weighted by Gasteiger charge is -2.09. The predicted molar refractivity (Wildman–Crippen MR) is 77.0 cm³/mol. The van der Waals surface area contributed by atoms with Crippen molar-refractivity contribution < 1.29 is 13.2 Å². The molecule has 0 unspecified atom stereocenters. The van der Waals surface area contributed by atoms with E-state index in [1.165, 1.54) is 12.1 Å². The Balaban J connectivity index is 2.05. The van der Waals surface area contributed by atoms with Crippen LogP contribution < -0.4 is 15.4 Å². The fourth-order valence-electron chi connectivity index (χ4n) is 1.69. The van der Waals surface area contributed by atoms with E-state index >= 15 is 0 Å². The van der Waals surface area contributed by atoms with Crippen molar-refractivity contribution in [1.82, 2.24) is 10.0 Å². The molecule has 20 heavy (non-hydrogen) atoms. The lowest BCUT2D eigenvalue weighted by Crippen LogP contribution is -2.26. The standard InChI is InChI=1S/C13H19N3O3S/c1-14-8-7-13(17)15-11-3-2-4-12(9-11)20(18,19)16-10-5-6-10/h2-4,9-10,14,16H,5-8H2,1H3,(H,15,17). The summed E-state index contributed by atoms with van der Waals surface area (Å²) in [4.78, 5) is 11.8. The molecule has 0 spiro atoms. The molecule has 0 atom stereocenters. The number of sulfonamides is 1. The Morgan fingerprint density at radius 1 is 1.35 bits per heavy atom. The molecular weight excluding hydrogens is 278 g/mol. The molecule has 110 valence electrons. The fourth-order valence-corrected chi connectivity index (χ4v) is 3.04. The molecule has 1 aliphatic carbocycles. The molecule has 0 radical (unpaired) electrons. The summed E-state index contributed by atoms with van der Waals surface area (Å²) in [6.45, 7) is 0.576. The summed E-state index contributed by atoms with van der Waals surface area (Å²) >= 11 is 0. The van der Waals surface area contributed by atoms with Crippen LogP contribution in [0.3, 0.4) is 0 Å². The summed E-state index contributed by atoms with van der Waals surface area (Å²) < 4.78 is 26.7. The van der Waals surface area contributed by atoms with Gasteiger partial charge in [0.25, 0.3) is 0 Å². The van der Waals surface area contributed by atoms with E-state index in [1.807, 2.05) is 0 Å². The van der Waals surface area contributed by atoms with E-state index in [0.717, 1.165) is 12.8 Å². The lowest BCUT2D eigenvalue weighted by molar-refractivity contribution is -0.116. The van der Waals surface area contributed by atoms with Gasteiger partial charge in [-0.15, -0.1) is 0 Å². The summed E-state index contributed by atoms with van der Waals surface area (Å²) in [7, 11) is -1.72. The van der Waals surface area contributed by atoms with Crippen LogP contribution in [0, 0.1) is 0 Å². The maximum Gasteiger partial charge on any atom is 0.240 e. The first-order chi connectivity index (χ1) is 9.51. The highest BCUT2D eigenvalue weighted by molar-refractivity contribution is 7.89. The van der Waals surface area contributed by atoms with E-state index in [9.17, 15) is 13.2 Å². The Hall–Kier alpha value is -1.44. The number of hydrogen-bond acceptors (Lipinski definition) is 4. The van der Waals surface area contributed by atoms with Gasteiger partial charge in [-0.1, -0.05) is 6.07 Å². The van der Waals surface area contributed by atoms with E-state index in [1.54, 1.807) is 19.2 Å². The van der Waals surface area contributed by atoms with Gasteiger partial charge in [-0.2, -0.15) is 0 Å². The van der Waals surface area contributed by atoms with Crippen molar-refractivity contribution in [1.29, 1.82) is 0 Å². The fraction of sp³-hybridized carbons (Fsp3) is 0.462. The number of amides is 1. The SMILES string of the molecule is CNCCC(=O)Nc1cccc(S(=O)(=O)NC2CC2)c1. The van der Waals surface area contributed by atoms with Gasteiger partial charge in [0.1, 0.15) is 0 Å². The zero-order valence-corrected chi connectivity index (χ0v) is 12.2. The second kappa shape index (κ2) is 6.34. The molecule has 3 N–H and O–H groups in total. The highest BCUT2D eigenvalue weighted by atomic mass is 32.2. The third kappa shape index (κ3) is 4.29. The molecule has 1 fully saturated rings. The summed E-state index contributed by atoms with van der Waals surface area (Å²) in [5.74, 6) is -0.149. The first-order valence-electron chi connectivity index (χ1n) is 6.58. The van der Waals surface area contributed by atoms with Crippen molar-refractivity contribution >= 4 is 21.6 Å². The number of carbonyl (C=O) groups is 1. The highest BCUT2D eigenvalue weighted by Gasteiger charge is 2.28. The average molecular weight is 297 g/mol. The number of benzene rings is 1. The normalized spacial score (nSPS) is 15.1. The minimum atomic E-state index is -3.49. The minimum Gasteiger partial charge on any atom is -0.326 e. The molecule has 0 aliphatic heterocycles. The molecule has 1 amide bonds. The van der Waals surface area contributed by atoms with E-state index in [2.05, 4.69) is 15.4 Å². The lowest BCUT2D eigenvalue weighted by atomic mass is 10.3. The highest BCUT2D eigenvalue weighted by Crippen LogP contribution is 2.23. The third-order valence-corrected chi connectivity index (χ3v) is 4.45. The van der Waals surface area contributed by atoms with Crippen LogP contribution in [0.15, 0.2) is 29.2 Å². The van der Waals surface area contributed by atoms with Crippen molar-refractivity contribution in [3.8, 4) is 0 Å². The van der Waals surface area contributed by atoms with Gasteiger partial charge in [-0.3, -0.25) is 4.79 Å². The van der Waals surface area contributed by atoms with Crippen LogP contribution in [-0.2, 0) is 14.8 Å². The second-order valence-corrected chi connectivity index (χ2v) is 6.54. The smallest absolute Gasteiger partial charge is 0.240 e. The van der Waals surface area contributed by atoms with E-state index in [-0.39, 0.29) is 16.8 Å². The zero-order chi connectivity index (χ0) is 14.6. The van der Waals surface area contributed by atoms with Crippen LogP contribution in [-0.4, -0.2) is 34.0 Å². The number of rotatable bonds is 7. The molecule has 1 aromatic carbocycles. The zero-order valence-electron chi connectivity index (χ0n) is 11.3. The van der Waals surface area contributed by atoms with Gasteiger partial charge in [-0.25, -0.2) is 13.1 Å². The summed E-state index contributed by atoms with van der Waals surface area (Å²) in [6, 6.07) is 6.35. The first-order valence-corrected chi connectivity index (χ1v) is 8.06. The largest absolute Gasteiger partial charge is 0.326 e. The molecule has 1 aromatic rings. The molecular formula is C13H19N3O3S. The van der Waals surface area contributed by atoms with Crippen LogP contribution in [0.4, 0.5) is 5.69 Å². The summed E-state index contributed by atoms with van der Waals surface area (Å²) in [5.41, 5.74) is 0.491. The van der Waals surface area contributed by atoms with Crippen LogP contribution in [0.2, 0.25) is 0 Å². The van der Waals surface area contributed by atoms with E-state index in [4.69, 9.17) is 0 Å². The van der Waals surface area contributed by atoms with Gasteiger partial charge in [0, 0.05) is 24.7 Å². The topological polar surface area (TPSA) is 87.3 Å². The van der Waals surface area contributed by atoms with Crippen molar-refractivity contribution in [2.24, 2.45) is 0 Å². The molecule has 7 heteroatoms. The Morgan fingerprint density at radius 3 is 2.75 bits per heavy atom. The van der Waals surface area contributed by atoms with Gasteiger partial charge in [0.2, 0.25) is 15.9 Å². The van der Waals surface area contributed by atoms with Gasteiger partial charge in [-0.05, 0) is 38.1 Å². The number of carbonyl (C=O) groups excluding carboxylic acids is 1. The van der Waals surface area contributed by atoms with Crippen molar-refractivity contribution in [2.45, 2.75) is 30.2 Å². The van der Waals surface area contributed by atoms with Crippen LogP contribution in [0.25, 0.3) is 0 Å². The molecule has 0 saturated heterocycles. The van der Waals surface area contributed by atoms with Gasteiger partial charge in [0.15, 0.2) is 0 Å². The Morgan fingerprint density at radius 2 is 2.10 bits per heavy atom.